The predicted octanol–water partition coefficient (Wildman–Crippen LogP) is 3.59. The third-order valence-electron chi connectivity index (χ3n) is 5.89. The maximum Gasteiger partial charge on any atom is 0.339 e. The van der Waals surface area contributed by atoms with Gasteiger partial charge in [-0.1, -0.05) is 18.1 Å². The summed E-state index contributed by atoms with van der Waals surface area (Å²) in [4.78, 5) is 36.0. The molecule has 29 heavy (non-hydrogen) atoms. The topological polar surface area (TPSA) is 99.1 Å². The molecular weight excluding hydrogens is 376 g/mol. The molecule has 1 aromatic rings. The molecule has 1 aliphatic carbocycles. The minimum atomic E-state index is -1.18. The number of hydrogen-bond donors (Lipinski definition) is 1. The van der Waals surface area contributed by atoms with Crippen LogP contribution in [0.3, 0.4) is 0 Å². The fourth-order valence-corrected chi connectivity index (χ4v) is 4.42. The van der Waals surface area contributed by atoms with Crippen molar-refractivity contribution in [3.8, 4) is 5.75 Å². The van der Waals surface area contributed by atoms with Crippen LogP contribution in [0.4, 0.5) is 0 Å². The number of carboxylic acid groups (broad SMARTS) is 1. The lowest BCUT2D eigenvalue weighted by molar-refractivity contribution is -0.141. The van der Waals surface area contributed by atoms with Gasteiger partial charge in [-0.3, -0.25) is 4.79 Å². The molecule has 1 saturated carbocycles. The standard InChI is InChI=1S/C22H26O7/c1-12-16-11-29-22(26)19(16)18(21(24)25)15(20(12)28-3)9-8-13-6-4-5-7-14(13)10-17(23)27-2/h8,14H,4-7,9-11H2,1-3H3,(H,24,25)/b13-8+/t14-/m0/s1. The van der Waals surface area contributed by atoms with Crippen molar-refractivity contribution in [1.29, 1.82) is 0 Å². The molecule has 1 fully saturated rings. The maximum absolute atomic E-state index is 12.2. The van der Waals surface area contributed by atoms with Gasteiger partial charge in [0.1, 0.15) is 12.4 Å². The van der Waals surface area contributed by atoms with Crippen molar-refractivity contribution in [1.82, 2.24) is 0 Å². The molecule has 0 radical (unpaired) electrons. The largest absolute Gasteiger partial charge is 0.496 e. The molecule has 0 amide bonds. The highest BCUT2D eigenvalue weighted by atomic mass is 16.5. The lowest BCUT2D eigenvalue weighted by Gasteiger charge is -2.25. The second-order valence-corrected chi connectivity index (χ2v) is 7.45. The fourth-order valence-electron chi connectivity index (χ4n) is 4.42. The van der Waals surface area contributed by atoms with Crippen LogP contribution in [0, 0.1) is 12.8 Å². The zero-order valence-corrected chi connectivity index (χ0v) is 17.0. The van der Waals surface area contributed by atoms with Gasteiger partial charge in [-0.05, 0) is 44.1 Å². The van der Waals surface area contributed by atoms with Gasteiger partial charge in [0.15, 0.2) is 0 Å². The number of esters is 2. The molecule has 0 aromatic heterocycles. The third kappa shape index (κ3) is 3.99. The van der Waals surface area contributed by atoms with E-state index in [4.69, 9.17) is 14.2 Å². The number of aromatic carboxylic acids is 1. The Kier molecular flexibility index (Phi) is 6.25. The number of rotatable bonds is 6. The number of hydrogen-bond acceptors (Lipinski definition) is 6. The summed E-state index contributed by atoms with van der Waals surface area (Å²) in [6.07, 6.45) is 6.45. The van der Waals surface area contributed by atoms with Gasteiger partial charge in [0, 0.05) is 11.1 Å². The van der Waals surface area contributed by atoms with Gasteiger partial charge in [-0.2, -0.15) is 0 Å². The molecule has 1 atom stereocenters. The molecule has 3 rings (SSSR count). The second kappa shape index (κ2) is 8.68. The maximum atomic E-state index is 12.2. The zero-order valence-electron chi connectivity index (χ0n) is 17.0. The van der Waals surface area contributed by atoms with Gasteiger partial charge in [0.25, 0.3) is 0 Å². The lowest BCUT2D eigenvalue weighted by Crippen LogP contribution is -2.17. The Hall–Kier alpha value is -2.83. The number of methoxy groups -OCH3 is 2. The first-order valence-corrected chi connectivity index (χ1v) is 9.77. The van der Waals surface area contributed by atoms with Crippen molar-refractivity contribution in [2.24, 2.45) is 5.92 Å². The number of carboxylic acids is 1. The summed E-state index contributed by atoms with van der Waals surface area (Å²) < 4.78 is 15.4. The van der Waals surface area contributed by atoms with E-state index in [1.54, 1.807) is 0 Å². The molecule has 1 heterocycles. The van der Waals surface area contributed by atoms with E-state index in [1.807, 2.05) is 13.0 Å². The number of ether oxygens (including phenoxy) is 3. The highest BCUT2D eigenvalue weighted by Gasteiger charge is 2.34. The molecule has 1 N–H and O–H groups in total. The van der Waals surface area contributed by atoms with Crippen molar-refractivity contribution in [3.63, 3.8) is 0 Å². The van der Waals surface area contributed by atoms with E-state index in [1.165, 1.54) is 14.2 Å². The van der Waals surface area contributed by atoms with Crippen molar-refractivity contribution in [2.75, 3.05) is 14.2 Å². The van der Waals surface area contributed by atoms with Crippen LogP contribution in [0.25, 0.3) is 0 Å². The molecule has 0 bridgehead atoms. The lowest BCUT2D eigenvalue weighted by atomic mass is 9.81. The Morgan fingerprint density at radius 2 is 2.03 bits per heavy atom. The average Bonchev–Trinajstić information content (AvgIpc) is 3.08. The molecule has 7 heteroatoms. The molecule has 1 aromatic carbocycles. The van der Waals surface area contributed by atoms with Gasteiger partial charge in [0.05, 0.1) is 31.8 Å². The SMILES string of the molecule is COC(=O)C[C@@H]1CCCC/C1=C\Cc1c(OC)c(C)c2c(c1C(=O)O)C(=O)OC2. The number of benzene rings is 1. The summed E-state index contributed by atoms with van der Waals surface area (Å²) >= 11 is 0. The highest BCUT2D eigenvalue weighted by molar-refractivity contribution is 6.07. The minimum absolute atomic E-state index is 0.0536. The highest BCUT2D eigenvalue weighted by Crippen LogP contribution is 2.39. The number of fused-ring (bicyclic) bond motifs is 1. The van der Waals surface area contributed by atoms with Crippen LogP contribution in [0.2, 0.25) is 0 Å². The van der Waals surface area contributed by atoms with E-state index in [2.05, 4.69) is 0 Å². The average molecular weight is 402 g/mol. The summed E-state index contributed by atoms with van der Waals surface area (Å²) in [6, 6.07) is 0. The molecule has 7 nitrogen and oxygen atoms in total. The van der Waals surface area contributed by atoms with Crippen LogP contribution in [-0.2, 0) is 27.3 Å². The van der Waals surface area contributed by atoms with Gasteiger partial charge in [-0.25, -0.2) is 9.59 Å². The third-order valence-corrected chi connectivity index (χ3v) is 5.89. The van der Waals surface area contributed by atoms with Crippen molar-refractivity contribution >= 4 is 17.9 Å². The quantitative estimate of drug-likeness (QED) is 0.573. The van der Waals surface area contributed by atoms with Gasteiger partial charge >= 0.3 is 17.9 Å². The van der Waals surface area contributed by atoms with E-state index in [-0.39, 0.29) is 29.6 Å². The molecule has 2 aliphatic rings. The van der Waals surface area contributed by atoms with E-state index in [0.717, 1.165) is 36.8 Å². The zero-order chi connectivity index (χ0) is 21.1. The summed E-state index contributed by atoms with van der Waals surface area (Å²) in [5.41, 5.74) is 2.95. The van der Waals surface area contributed by atoms with E-state index < -0.39 is 11.9 Å². The number of cyclic esters (lactones) is 1. The van der Waals surface area contributed by atoms with Gasteiger partial charge in [-0.15, -0.1) is 0 Å². The summed E-state index contributed by atoms with van der Waals surface area (Å²) in [5.74, 6) is -1.48. The van der Waals surface area contributed by atoms with E-state index in [9.17, 15) is 19.5 Å². The first-order valence-electron chi connectivity index (χ1n) is 9.77. The van der Waals surface area contributed by atoms with Gasteiger partial charge < -0.3 is 19.3 Å². The first-order chi connectivity index (χ1) is 13.9. The van der Waals surface area contributed by atoms with E-state index in [0.29, 0.717) is 29.7 Å². The number of allylic oxidation sites excluding steroid dienone is 2. The fraction of sp³-hybridized carbons (Fsp3) is 0.500. The molecule has 0 unspecified atom stereocenters. The monoisotopic (exact) mass is 402 g/mol. The van der Waals surface area contributed by atoms with Crippen LogP contribution >= 0.6 is 0 Å². The van der Waals surface area contributed by atoms with Crippen LogP contribution in [-0.4, -0.2) is 37.2 Å². The smallest absolute Gasteiger partial charge is 0.339 e. The molecular formula is C22H26O7. The normalized spacial score (nSPS) is 19.6. The Morgan fingerprint density at radius 3 is 2.69 bits per heavy atom. The summed E-state index contributed by atoms with van der Waals surface area (Å²) in [7, 11) is 2.88. The minimum Gasteiger partial charge on any atom is -0.496 e. The first kappa shape index (κ1) is 20.9. The summed E-state index contributed by atoms with van der Waals surface area (Å²) in [5, 5.41) is 9.85. The van der Waals surface area contributed by atoms with Gasteiger partial charge in [0.2, 0.25) is 0 Å². The van der Waals surface area contributed by atoms with Crippen molar-refractivity contribution in [3.05, 3.63) is 39.5 Å². The van der Waals surface area contributed by atoms with Crippen molar-refractivity contribution < 1.29 is 33.7 Å². The Balaban J connectivity index is 2.04. The molecule has 1 aliphatic heterocycles. The summed E-state index contributed by atoms with van der Waals surface area (Å²) in [6.45, 7) is 1.86. The number of carbonyl (C=O) groups is 3. The van der Waals surface area contributed by atoms with E-state index >= 15 is 0 Å². The predicted molar refractivity (Wildman–Crippen MR) is 104 cm³/mol. The Morgan fingerprint density at radius 1 is 1.28 bits per heavy atom. The van der Waals surface area contributed by atoms with Crippen LogP contribution in [0.5, 0.6) is 5.75 Å². The Bertz CT molecular complexity index is 882. The molecule has 0 saturated heterocycles. The molecule has 0 spiro atoms. The molecule has 156 valence electrons. The van der Waals surface area contributed by atoms with Crippen LogP contribution in [0.15, 0.2) is 11.6 Å². The van der Waals surface area contributed by atoms with Crippen molar-refractivity contribution in [2.45, 2.75) is 52.1 Å². The Labute approximate surface area is 169 Å². The second-order valence-electron chi connectivity index (χ2n) is 7.45. The van der Waals surface area contributed by atoms with Crippen LogP contribution in [0.1, 0.15) is 69.5 Å². The van der Waals surface area contributed by atoms with Crippen LogP contribution < -0.4 is 4.74 Å². The number of carbonyl (C=O) groups excluding carboxylic acids is 2.